The number of amides is 4. The highest BCUT2D eigenvalue weighted by Crippen LogP contribution is 2.29. The summed E-state index contributed by atoms with van der Waals surface area (Å²) in [5, 5.41) is 43.7. The van der Waals surface area contributed by atoms with E-state index in [4.69, 9.17) is 48.8 Å². The molecule has 0 spiro atoms. The quantitative estimate of drug-likeness (QED) is 0.0478. The summed E-state index contributed by atoms with van der Waals surface area (Å²) >= 11 is 0. The number of carbonyl (C=O) groups excluding carboxylic acids is 4. The topological polar surface area (TPSA) is 312 Å². The first-order valence-corrected chi connectivity index (χ1v) is 22.1. The number of nitrogens with one attached hydrogen (secondary N) is 3. The molecule has 68 heavy (non-hydrogen) atoms. The van der Waals surface area contributed by atoms with E-state index in [-0.39, 0.29) is 143 Å². The summed E-state index contributed by atoms with van der Waals surface area (Å²) in [6, 6.07) is 12.9. The summed E-state index contributed by atoms with van der Waals surface area (Å²) in [5.41, 5.74) is 3.42. The number of aliphatic carboxylic acids is 4. The molecule has 1 aliphatic rings. The van der Waals surface area contributed by atoms with Crippen molar-refractivity contribution in [2.75, 3.05) is 84.2 Å². The minimum atomic E-state index is -1.07. The Morgan fingerprint density at radius 3 is 1.19 bits per heavy atom. The summed E-state index contributed by atoms with van der Waals surface area (Å²) in [6.45, 7) is -1.15. The highest BCUT2D eigenvalue weighted by Gasteiger charge is 2.23. The van der Waals surface area contributed by atoms with Crippen LogP contribution in [0.2, 0.25) is 0 Å². The number of hydrogen-bond acceptors (Lipinski definition) is 14. The van der Waals surface area contributed by atoms with Gasteiger partial charge in [-0.15, -0.1) is 0 Å². The number of para-hydroxylation sites is 1. The largest absolute Gasteiger partial charge is 0.481 e. The van der Waals surface area contributed by atoms with Crippen LogP contribution in [-0.2, 0) is 73.3 Å². The maximum Gasteiger partial charge on any atom is 0.305 e. The van der Waals surface area contributed by atoms with Gasteiger partial charge in [-0.3, -0.25) is 38.4 Å². The van der Waals surface area contributed by atoms with E-state index in [1.165, 1.54) is 0 Å². The highest BCUT2D eigenvalue weighted by atomic mass is 16.5. The molecule has 2 aromatic rings. The zero-order chi connectivity index (χ0) is 49.5. The maximum atomic E-state index is 13.8. The van der Waals surface area contributed by atoms with Crippen molar-refractivity contribution in [3.8, 4) is 0 Å². The zero-order valence-corrected chi connectivity index (χ0v) is 37.8. The van der Waals surface area contributed by atoms with E-state index in [0.717, 1.165) is 16.7 Å². The molecule has 0 fully saturated rings. The van der Waals surface area contributed by atoms with E-state index in [1.54, 1.807) is 4.90 Å². The molecule has 0 aliphatic carbocycles. The summed E-state index contributed by atoms with van der Waals surface area (Å²) in [5.74, 6) is -6.03. The van der Waals surface area contributed by atoms with Crippen LogP contribution in [0.3, 0.4) is 0 Å². The molecule has 7 N–H and O–H groups in total. The number of carbonyl (C=O) groups is 8. The number of carboxylic acid groups (broad SMARTS) is 4. The van der Waals surface area contributed by atoms with Crippen LogP contribution in [0.25, 0.3) is 12.2 Å². The first kappa shape index (κ1) is 56.0. The van der Waals surface area contributed by atoms with Crippen LogP contribution in [0.1, 0.15) is 68.1 Å². The lowest BCUT2D eigenvalue weighted by Crippen LogP contribution is -2.44. The van der Waals surface area contributed by atoms with Crippen LogP contribution >= 0.6 is 0 Å². The molecule has 0 saturated carbocycles. The first-order chi connectivity index (χ1) is 32.7. The number of rotatable bonds is 36. The molecule has 0 saturated heterocycles. The van der Waals surface area contributed by atoms with Crippen molar-refractivity contribution in [2.24, 2.45) is 0 Å². The van der Waals surface area contributed by atoms with Crippen molar-refractivity contribution >= 4 is 65.3 Å². The maximum absolute atomic E-state index is 13.8. The second kappa shape index (κ2) is 32.4. The van der Waals surface area contributed by atoms with Crippen LogP contribution in [0.4, 0.5) is 5.69 Å². The van der Waals surface area contributed by atoms with Gasteiger partial charge in [0, 0.05) is 25.7 Å². The summed E-state index contributed by atoms with van der Waals surface area (Å²) < 4.78 is 32.9. The van der Waals surface area contributed by atoms with Crippen molar-refractivity contribution in [3.63, 3.8) is 0 Å². The van der Waals surface area contributed by atoms with Gasteiger partial charge in [-0.05, 0) is 22.8 Å². The van der Waals surface area contributed by atoms with Gasteiger partial charge in [0.2, 0.25) is 23.6 Å². The number of benzene rings is 2. The fraction of sp³-hybridized carbons (Fsp3) is 0.522. The molecule has 0 radical (unpaired) electrons. The van der Waals surface area contributed by atoms with Crippen molar-refractivity contribution in [3.05, 3.63) is 65.2 Å². The standard InChI is InChI=1S/C46H62N4O18/c51-39(11-12-42(54)50-25-34-7-2-1-5-32(34)9-10-33-6-3-4-8-38(33)50)47-35(26-63-19-13-40(52)48-36(28-65-21-15-43(55)56)29-66-22-16-44(57)58)27-64-20-14-41(53)49-37(30-67-23-17-45(59)60)31-68-24-18-46(61)62/h1-10,35-37H,11-31H2,(H,47,51)(H,48,52)(H,49,53)(H,55,56)(H,57,58)(H,59,60)(H,61,62)/b10-9-. The molecule has 374 valence electrons. The van der Waals surface area contributed by atoms with Gasteiger partial charge in [-0.1, -0.05) is 54.6 Å². The first-order valence-electron chi connectivity index (χ1n) is 22.1. The molecule has 1 aliphatic heterocycles. The average molecular weight is 959 g/mol. The molecule has 0 atom stereocenters. The second-order valence-electron chi connectivity index (χ2n) is 15.4. The van der Waals surface area contributed by atoms with Crippen molar-refractivity contribution < 1.29 is 87.2 Å². The van der Waals surface area contributed by atoms with Crippen LogP contribution in [0, 0.1) is 0 Å². The van der Waals surface area contributed by atoms with Crippen LogP contribution in [-0.4, -0.2) is 165 Å². The fourth-order valence-electron chi connectivity index (χ4n) is 6.34. The monoisotopic (exact) mass is 958 g/mol. The van der Waals surface area contributed by atoms with Crippen molar-refractivity contribution in [2.45, 2.75) is 76.0 Å². The third kappa shape index (κ3) is 24.5. The Bertz CT molecular complexity index is 1870. The minimum absolute atomic E-state index is 0.102. The van der Waals surface area contributed by atoms with Crippen molar-refractivity contribution in [1.82, 2.24) is 16.0 Å². The molecular weight excluding hydrogens is 897 g/mol. The fourth-order valence-corrected chi connectivity index (χ4v) is 6.34. The third-order valence-electron chi connectivity index (χ3n) is 9.72. The van der Waals surface area contributed by atoms with E-state index in [9.17, 15) is 38.4 Å². The van der Waals surface area contributed by atoms with Crippen molar-refractivity contribution in [1.29, 1.82) is 0 Å². The smallest absolute Gasteiger partial charge is 0.305 e. The number of ether oxygens (including phenoxy) is 6. The molecule has 0 bridgehead atoms. The number of fused-ring (bicyclic) bond motifs is 2. The van der Waals surface area contributed by atoms with Gasteiger partial charge in [-0.25, -0.2) is 0 Å². The lowest BCUT2D eigenvalue weighted by Gasteiger charge is -2.27. The average Bonchev–Trinajstić information content (AvgIpc) is 3.28. The third-order valence-corrected chi connectivity index (χ3v) is 9.72. The molecule has 0 unspecified atom stereocenters. The molecule has 1 heterocycles. The lowest BCUT2D eigenvalue weighted by molar-refractivity contribution is -0.139. The van der Waals surface area contributed by atoms with E-state index in [0.29, 0.717) is 5.69 Å². The molecule has 0 aromatic heterocycles. The number of anilines is 1. The normalized spacial score (nSPS) is 12.4. The number of carboxylic acids is 4. The zero-order valence-electron chi connectivity index (χ0n) is 37.8. The van der Waals surface area contributed by atoms with Gasteiger partial charge in [-0.2, -0.15) is 0 Å². The Morgan fingerprint density at radius 2 is 0.779 bits per heavy atom. The Labute approximate surface area is 393 Å². The molecule has 22 heteroatoms. The Morgan fingerprint density at radius 1 is 0.441 bits per heavy atom. The van der Waals surface area contributed by atoms with Gasteiger partial charge in [0.05, 0.1) is 135 Å². The predicted octanol–water partition coefficient (Wildman–Crippen LogP) is 1.72. The lowest BCUT2D eigenvalue weighted by atomic mass is 10.0. The summed E-state index contributed by atoms with van der Waals surface area (Å²) in [4.78, 5) is 98.0. The second-order valence-corrected chi connectivity index (χ2v) is 15.4. The van der Waals surface area contributed by atoms with Crippen LogP contribution in [0.5, 0.6) is 0 Å². The van der Waals surface area contributed by atoms with E-state index >= 15 is 0 Å². The number of nitrogens with zero attached hydrogens (tertiary/aromatic N) is 1. The Balaban J connectivity index is 1.60. The number of hydrogen-bond donors (Lipinski definition) is 7. The van der Waals surface area contributed by atoms with Gasteiger partial charge in [0.15, 0.2) is 0 Å². The summed E-state index contributed by atoms with van der Waals surface area (Å²) in [6.07, 6.45) is 2.23. The molecule has 22 nitrogen and oxygen atoms in total. The van der Waals surface area contributed by atoms with Gasteiger partial charge < -0.3 is 69.7 Å². The SMILES string of the molecule is O=C(O)CCOCC(COCCC(=O)O)NC(=O)CCOCC(COCCC(=O)NC(COCCC(=O)O)COCCC(=O)O)NC(=O)CCC(=O)N1Cc2ccccc2/C=C\c2ccccc21. The molecule has 3 rings (SSSR count). The summed E-state index contributed by atoms with van der Waals surface area (Å²) in [7, 11) is 0. The van der Waals surface area contributed by atoms with Gasteiger partial charge in [0.1, 0.15) is 0 Å². The molecule has 2 aromatic carbocycles. The molecular formula is C46H62N4O18. The predicted molar refractivity (Wildman–Crippen MR) is 241 cm³/mol. The van der Waals surface area contributed by atoms with E-state index < -0.39 is 59.7 Å². The molecule has 4 amide bonds. The van der Waals surface area contributed by atoms with E-state index in [2.05, 4.69) is 16.0 Å². The van der Waals surface area contributed by atoms with Crippen LogP contribution < -0.4 is 20.9 Å². The Kier molecular flexibility index (Phi) is 26.7. The van der Waals surface area contributed by atoms with E-state index in [1.807, 2.05) is 60.7 Å². The minimum Gasteiger partial charge on any atom is -0.481 e. The highest BCUT2D eigenvalue weighted by molar-refractivity contribution is 5.98. The van der Waals surface area contributed by atoms with Gasteiger partial charge >= 0.3 is 23.9 Å². The van der Waals surface area contributed by atoms with Crippen LogP contribution in [0.15, 0.2) is 48.5 Å². The van der Waals surface area contributed by atoms with Gasteiger partial charge in [0.25, 0.3) is 0 Å². The Hall–Kier alpha value is -6.30.